The first-order valence-electron chi connectivity index (χ1n) is 9.23. The molecule has 2 heterocycles. The summed E-state index contributed by atoms with van der Waals surface area (Å²) in [6.07, 6.45) is 8.25. The summed E-state index contributed by atoms with van der Waals surface area (Å²) in [4.78, 5) is 21.2. The SMILES string of the molecule is O=CCc1ccc(OCCCC2CCN(c3ncc(Cl)cn3)CC2)cc1F. The van der Waals surface area contributed by atoms with Crippen LogP contribution in [0, 0.1) is 11.7 Å². The first-order chi connectivity index (χ1) is 13.2. The van der Waals surface area contributed by atoms with Gasteiger partial charge in [0.2, 0.25) is 5.95 Å². The lowest BCUT2D eigenvalue weighted by Gasteiger charge is -2.31. The van der Waals surface area contributed by atoms with E-state index in [9.17, 15) is 9.18 Å². The van der Waals surface area contributed by atoms with Crippen LogP contribution in [0.5, 0.6) is 5.75 Å². The van der Waals surface area contributed by atoms with Crippen LogP contribution in [0.2, 0.25) is 5.02 Å². The number of anilines is 1. The molecule has 0 amide bonds. The Morgan fingerprint density at radius 1 is 1.26 bits per heavy atom. The van der Waals surface area contributed by atoms with Gasteiger partial charge in [-0.3, -0.25) is 0 Å². The molecule has 0 bridgehead atoms. The second-order valence-electron chi connectivity index (χ2n) is 6.75. The lowest BCUT2D eigenvalue weighted by Crippen LogP contribution is -2.34. The van der Waals surface area contributed by atoms with Gasteiger partial charge in [-0.15, -0.1) is 0 Å². The van der Waals surface area contributed by atoms with Gasteiger partial charge in [-0.1, -0.05) is 17.7 Å². The highest BCUT2D eigenvalue weighted by Crippen LogP contribution is 2.25. The van der Waals surface area contributed by atoms with Gasteiger partial charge in [-0.2, -0.15) is 0 Å². The van der Waals surface area contributed by atoms with Gasteiger partial charge in [0.05, 0.1) is 24.0 Å². The molecule has 7 heteroatoms. The Hall–Kier alpha value is -2.21. The van der Waals surface area contributed by atoms with Crippen LogP contribution in [-0.4, -0.2) is 36.0 Å². The van der Waals surface area contributed by atoms with Crippen LogP contribution in [-0.2, 0) is 11.2 Å². The molecule has 2 aromatic rings. The predicted octanol–water partition coefficient (Wildman–Crippen LogP) is 4.09. The summed E-state index contributed by atoms with van der Waals surface area (Å²) in [5, 5.41) is 0.548. The first kappa shape index (κ1) is 19.5. The number of benzene rings is 1. The van der Waals surface area contributed by atoms with Crippen molar-refractivity contribution in [1.29, 1.82) is 0 Å². The van der Waals surface area contributed by atoms with Gasteiger partial charge in [-0.05, 0) is 43.2 Å². The van der Waals surface area contributed by atoms with Crippen LogP contribution in [0.25, 0.3) is 0 Å². The third-order valence-corrected chi connectivity index (χ3v) is 5.05. The van der Waals surface area contributed by atoms with Crippen molar-refractivity contribution in [3.63, 3.8) is 0 Å². The third kappa shape index (κ3) is 5.63. The van der Waals surface area contributed by atoms with Crippen molar-refractivity contribution in [2.75, 3.05) is 24.6 Å². The van der Waals surface area contributed by atoms with E-state index < -0.39 is 5.82 Å². The van der Waals surface area contributed by atoms with Crippen LogP contribution < -0.4 is 9.64 Å². The number of rotatable bonds is 8. The lowest BCUT2D eigenvalue weighted by molar-refractivity contribution is -0.107. The van der Waals surface area contributed by atoms with Gasteiger partial charge in [0, 0.05) is 25.6 Å². The normalized spacial score (nSPS) is 15.0. The van der Waals surface area contributed by atoms with Gasteiger partial charge < -0.3 is 14.4 Å². The molecule has 1 aromatic carbocycles. The van der Waals surface area contributed by atoms with Crippen LogP contribution in [0.4, 0.5) is 10.3 Å². The smallest absolute Gasteiger partial charge is 0.225 e. The van der Waals surface area contributed by atoms with Crippen molar-refractivity contribution in [1.82, 2.24) is 9.97 Å². The molecule has 0 N–H and O–H groups in total. The molecule has 1 aromatic heterocycles. The summed E-state index contributed by atoms with van der Waals surface area (Å²) in [6.45, 7) is 2.44. The van der Waals surface area contributed by atoms with Crippen molar-refractivity contribution in [2.45, 2.75) is 32.1 Å². The number of halogens is 2. The minimum Gasteiger partial charge on any atom is -0.493 e. The molecule has 0 radical (unpaired) electrons. The molecule has 144 valence electrons. The highest BCUT2D eigenvalue weighted by Gasteiger charge is 2.20. The van der Waals surface area contributed by atoms with Crippen molar-refractivity contribution in [3.05, 3.63) is 47.0 Å². The molecule has 0 atom stereocenters. The van der Waals surface area contributed by atoms with E-state index in [2.05, 4.69) is 14.9 Å². The highest BCUT2D eigenvalue weighted by molar-refractivity contribution is 6.30. The topological polar surface area (TPSA) is 55.3 Å². The van der Waals surface area contributed by atoms with Crippen LogP contribution in [0.1, 0.15) is 31.2 Å². The molecule has 5 nitrogen and oxygen atoms in total. The number of nitrogens with zero attached hydrogens (tertiary/aromatic N) is 3. The average Bonchev–Trinajstić information content (AvgIpc) is 2.68. The molecule has 0 aliphatic carbocycles. The van der Waals surface area contributed by atoms with E-state index >= 15 is 0 Å². The molecule has 0 spiro atoms. The number of hydrogen-bond acceptors (Lipinski definition) is 5. The molecule has 3 rings (SSSR count). The van der Waals surface area contributed by atoms with Gasteiger partial charge in [0.15, 0.2) is 0 Å². The van der Waals surface area contributed by atoms with E-state index in [1.807, 2.05) is 0 Å². The fraction of sp³-hybridized carbons (Fsp3) is 0.450. The maximum Gasteiger partial charge on any atom is 0.225 e. The van der Waals surface area contributed by atoms with E-state index in [1.54, 1.807) is 24.5 Å². The third-order valence-electron chi connectivity index (χ3n) is 4.86. The number of aldehydes is 1. The summed E-state index contributed by atoms with van der Waals surface area (Å²) >= 11 is 5.83. The van der Waals surface area contributed by atoms with Crippen molar-refractivity contribution < 1.29 is 13.9 Å². The van der Waals surface area contributed by atoms with Gasteiger partial charge in [0.1, 0.15) is 17.9 Å². The maximum absolute atomic E-state index is 13.8. The number of carbonyl (C=O) groups excluding carboxylic acids is 1. The predicted molar refractivity (Wildman–Crippen MR) is 103 cm³/mol. The Labute approximate surface area is 163 Å². The second kappa shape index (κ2) is 9.65. The minimum absolute atomic E-state index is 0.0892. The van der Waals surface area contributed by atoms with Gasteiger partial charge >= 0.3 is 0 Å². The number of piperidine rings is 1. The number of hydrogen-bond donors (Lipinski definition) is 0. The zero-order valence-corrected chi connectivity index (χ0v) is 15.9. The fourth-order valence-electron chi connectivity index (χ4n) is 3.33. The fourth-order valence-corrected chi connectivity index (χ4v) is 3.42. The largest absolute Gasteiger partial charge is 0.493 e. The molecule has 0 saturated carbocycles. The Kier molecular flexibility index (Phi) is 6.98. The minimum atomic E-state index is -0.392. The van der Waals surface area contributed by atoms with Crippen LogP contribution in [0.3, 0.4) is 0 Å². The zero-order valence-electron chi connectivity index (χ0n) is 15.1. The van der Waals surface area contributed by atoms with E-state index in [0.717, 1.165) is 44.7 Å². The van der Waals surface area contributed by atoms with Crippen LogP contribution in [0.15, 0.2) is 30.6 Å². The summed E-state index contributed by atoms with van der Waals surface area (Å²) in [5.41, 5.74) is 0.397. The summed E-state index contributed by atoms with van der Waals surface area (Å²) in [5.74, 6) is 1.51. The van der Waals surface area contributed by atoms with Crippen molar-refractivity contribution >= 4 is 23.8 Å². The Morgan fingerprint density at radius 3 is 2.67 bits per heavy atom. The Morgan fingerprint density at radius 2 is 2.00 bits per heavy atom. The number of carbonyl (C=O) groups is 1. The molecule has 1 fully saturated rings. The summed E-state index contributed by atoms with van der Waals surface area (Å²) in [6, 6.07) is 4.67. The molecular weight excluding hydrogens is 369 g/mol. The first-order valence-corrected chi connectivity index (χ1v) is 9.61. The van der Waals surface area contributed by atoms with E-state index in [4.69, 9.17) is 16.3 Å². The number of ether oxygens (including phenoxy) is 1. The number of aromatic nitrogens is 2. The molecule has 27 heavy (non-hydrogen) atoms. The lowest BCUT2D eigenvalue weighted by atomic mass is 9.92. The van der Waals surface area contributed by atoms with Crippen LogP contribution >= 0.6 is 11.6 Å². The second-order valence-corrected chi connectivity index (χ2v) is 7.18. The Balaban J connectivity index is 1.36. The quantitative estimate of drug-likeness (QED) is 0.501. The molecule has 0 unspecified atom stereocenters. The summed E-state index contributed by atoms with van der Waals surface area (Å²) < 4.78 is 19.4. The molecule has 1 aliphatic rings. The zero-order chi connectivity index (χ0) is 19.1. The Bertz CT molecular complexity index is 749. The maximum atomic E-state index is 13.8. The van der Waals surface area contributed by atoms with Crippen molar-refractivity contribution in [2.24, 2.45) is 5.92 Å². The van der Waals surface area contributed by atoms with E-state index in [1.165, 1.54) is 6.07 Å². The highest BCUT2D eigenvalue weighted by atomic mass is 35.5. The monoisotopic (exact) mass is 391 g/mol. The standard InChI is InChI=1S/C20H23ClFN3O2/c21-17-13-23-20(24-14-17)25-8-5-15(6-9-25)2-1-11-27-18-4-3-16(7-10-26)19(22)12-18/h3-4,10,12-15H,1-2,5-9,11H2. The van der Waals surface area contributed by atoms with Gasteiger partial charge in [-0.25, -0.2) is 14.4 Å². The van der Waals surface area contributed by atoms with Crippen molar-refractivity contribution in [3.8, 4) is 5.75 Å². The molecule has 1 saturated heterocycles. The average molecular weight is 392 g/mol. The van der Waals surface area contributed by atoms with E-state index in [0.29, 0.717) is 35.1 Å². The van der Waals surface area contributed by atoms with E-state index in [-0.39, 0.29) is 6.42 Å². The molecule has 1 aliphatic heterocycles. The summed E-state index contributed by atoms with van der Waals surface area (Å²) in [7, 11) is 0. The molecular formula is C20H23ClFN3O2. The van der Waals surface area contributed by atoms with Gasteiger partial charge in [0.25, 0.3) is 0 Å².